The number of para-hydroxylation sites is 3. The lowest BCUT2D eigenvalue weighted by Crippen LogP contribution is -2.27. The van der Waals surface area contributed by atoms with Crippen LogP contribution in [-0.4, -0.2) is 27.1 Å². The molecule has 0 bridgehead atoms. The molecular formula is C16H17FN2O2. The third-order valence-corrected chi connectivity index (χ3v) is 3.25. The number of carbonyl (C=O) groups excluding carboxylic acids is 1. The van der Waals surface area contributed by atoms with Gasteiger partial charge in [-0.1, -0.05) is 18.2 Å². The van der Waals surface area contributed by atoms with Crippen molar-refractivity contribution in [3.63, 3.8) is 0 Å². The minimum Gasteiger partial charge on any atom is -0.495 e. The first-order valence-corrected chi connectivity index (χ1v) is 6.47. The van der Waals surface area contributed by atoms with Crippen LogP contribution in [0.25, 0.3) is 0 Å². The minimum atomic E-state index is -0.461. The SMILES string of the molecule is CNc1c(F)cccc1C(=O)N(C)c1ccccc1OC. The first-order valence-electron chi connectivity index (χ1n) is 6.47. The molecule has 0 aromatic heterocycles. The topological polar surface area (TPSA) is 41.6 Å². The summed E-state index contributed by atoms with van der Waals surface area (Å²) in [6.45, 7) is 0. The molecule has 2 aromatic carbocycles. The summed E-state index contributed by atoms with van der Waals surface area (Å²) < 4.78 is 19.0. The number of methoxy groups -OCH3 is 1. The Kier molecular flexibility index (Phi) is 4.42. The Morgan fingerprint density at radius 1 is 1.19 bits per heavy atom. The number of anilines is 2. The summed E-state index contributed by atoms with van der Waals surface area (Å²) in [6.07, 6.45) is 0. The van der Waals surface area contributed by atoms with Crippen LogP contribution >= 0.6 is 0 Å². The Morgan fingerprint density at radius 2 is 1.90 bits per heavy atom. The Morgan fingerprint density at radius 3 is 2.57 bits per heavy atom. The van der Waals surface area contributed by atoms with Crippen LogP contribution in [0, 0.1) is 5.82 Å². The molecule has 0 saturated carbocycles. The number of rotatable bonds is 4. The Labute approximate surface area is 123 Å². The molecule has 0 radical (unpaired) electrons. The fraction of sp³-hybridized carbons (Fsp3) is 0.188. The highest BCUT2D eigenvalue weighted by atomic mass is 19.1. The highest BCUT2D eigenvalue weighted by Gasteiger charge is 2.20. The third kappa shape index (κ3) is 2.81. The molecule has 1 N–H and O–H groups in total. The number of nitrogens with one attached hydrogen (secondary N) is 1. The van der Waals surface area contributed by atoms with E-state index >= 15 is 0 Å². The van der Waals surface area contributed by atoms with Crippen molar-refractivity contribution < 1.29 is 13.9 Å². The summed E-state index contributed by atoms with van der Waals surface area (Å²) in [5.41, 5.74) is 1.08. The second-order valence-corrected chi connectivity index (χ2v) is 4.45. The Bertz CT molecular complexity index is 658. The van der Waals surface area contributed by atoms with Crippen molar-refractivity contribution in [2.45, 2.75) is 0 Å². The summed E-state index contributed by atoms with van der Waals surface area (Å²) in [5.74, 6) is -0.198. The quantitative estimate of drug-likeness (QED) is 0.939. The van der Waals surface area contributed by atoms with Gasteiger partial charge in [0.25, 0.3) is 5.91 Å². The van der Waals surface area contributed by atoms with Crippen molar-refractivity contribution in [2.75, 3.05) is 31.4 Å². The summed E-state index contributed by atoms with van der Waals surface area (Å²) >= 11 is 0. The molecule has 0 aliphatic carbocycles. The fourth-order valence-corrected chi connectivity index (χ4v) is 2.15. The van der Waals surface area contributed by atoms with Crippen LogP contribution in [0.1, 0.15) is 10.4 Å². The van der Waals surface area contributed by atoms with E-state index in [0.717, 1.165) is 0 Å². The van der Waals surface area contributed by atoms with Crippen molar-refractivity contribution in [3.8, 4) is 5.75 Å². The molecule has 0 spiro atoms. The molecule has 110 valence electrons. The van der Waals surface area contributed by atoms with Crippen molar-refractivity contribution in [1.29, 1.82) is 0 Å². The lowest BCUT2D eigenvalue weighted by Gasteiger charge is -2.21. The average Bonchev–Trinajstić information content (AvgIpc) is 2.53. The van der Waals surface area contributed by atoms with Gasteiger partial charge >= 0.3 is 0 Å². The van der Waals surface area contributed by atoms with Gasteiger partial charge in [0.2, 0.25) is 0 Å². The molecule has 2 rings (SSSR count). The van der Waals surface area contributed by atoms with Crippen LogP contribution in [0.3, 0.4) is 0 Å². The van der Waals surface area contributed by atoms with E-state index in [2.05, 4.69) is 5.32 Å². The first kappa shape index (κ1) is 14.8. The fourth-order valence-electron chi connectivity index (χ4n) is 2.15. The normalized spacial score (nSPS) is 10.1. The van der Waals surface area contributed by atoms with Crippen molar-refractivity contribution in [1.82, 2.24) is 0 Å². The molecule has 2 aromatic rings. The van der Waals surface area contributed by atoms with Crippen LogP contribution in [0.5, 0.6) is 5.75 Å². The van der Waals surface area contributed by atoms with Gasteiger partial charge in [-0.15, -0.1) is 0 Å². The number of ether oxygens (including phenoxy) is 1. The van der Waals surface area contributed by atoms with E-state index < -0.39 is 5.82 Å². The van der Waals surface area contributed by atoms with Gasteiger partial charge in [-0.2, -0.15) is 0 Å². The van der Waals surface area contributed by atoms with E-state index in [1.165, 1.54) is 17.0 Å². The Balaban J connectivity index is 2.42. The van der Waals surface area contributed by atoms with Gasteiger partial charge in [0.05, 0.1) is 24.0 Å². The lowest BCUT2D eigenvalue weighted by molar-refractivity contribution is 0.0993. The molecular weight excluding hydrogens is 271 g/mol. The van der Waals surface area contributed by atoms with Crippen molar-refractivity contribution >= 4 is 17.3 Å². The van der Waals surface area contributed by atoms with Gasteiger partial charge in [0.15, 0.2) is 0 Å². The maximum Gasteiger partial charge on any atom is 0.260 e. The number of hydrogen-bond donors (Lipinski definition) is 1. The zero-order chi connectivity index (χ0) is 15.4. The van der Waals surface area contributed by atoms with Gasteiger partial charge in [0, 0.05) is 14.1 Å². The molecule has 4 nitrogen and oxygen atoms in total. The molecule has 0 fully saturated rings. The monoisotopic (exact) mass is 288 g/mol. The zero-order valence-corrected chi connectivity index (χ0v) is 12.2. The molecule has 1 amide bonds. The van der Waals surface area contributed by atoms with Crippen molar-refractivity contribution in [2.24, 2.45) is 0 Å². The van der Waals surface area contributed by atoms with Crippen LogP contribution < -0.4 is 15.0 Å². The van der Waals surface area contributed by atoms with E-state index in [1.54, 1.807) is 39.4 Å². The van der Waals surface area contributed by atoms with Crippen LogP contribution in [0.2, 0.25) is 0 Å². The molecule has 0 aliphatic rings. The van der Waals surface area contributed by atoms with Gasteiger partial charge < -0.3 is 15.0 Å². The van der Waals surface area contributed by atoms with Gasteiger partial charge in [-0.3, -0.25) is 4.79 Å². The number of nitrogens with zero attached hydrogens (tertiary/aromatic N) is 1. The summed E-state index contributed by atoms with van der Waals surface area (Å²) in [7, 11) is 4.75. The zero-order valence-electron chi connectivity index (χ0n) is 12.2. The van der Waals surface area contributed by atoms with Gasteiger partial charge in [-0.25, -0.2) is 4.39 Å². The maximum atomic E-state index is 13.8. The van der Waals surface area contributed by atoms with E-state index in [9.17, 15) is 9.18 Å². The highest BCUT2D eigenvalue weighted by molar-refractivity contribution is 6.09. The largest absolute Gasteiger partial charge is 0.495 e. The lowest BCUT2D eigenvalue weighted by atomic mass is 10.1. The van der Waals surface area contributed by atoms with Gasteiger partial charge in [-0.05, 0) is 24.3 Å². The second kappa shape index (κ2) is 6.26. The molecule has 0 atom stereocenters. The predicted octanol–water partition coefficient (Wildman–Crippen LogP) is 3.15. The summed E-state index contributed by atoms with van der Waals surface area (Å²) in [4.78, 5) is 14.0. The molecule has 0 unspecified atom stereocenters. The van der Waals surface area contributed by atoms with E-state index in [1.807, 2.05) is 12.1 Å². The number of carbonyl (C=O) groups is 1. The highest BCUT2D eigenvalue weighted by Crippen LogP contribution is 2.29. The molecule has 21 heavy (non-hydrogen) atoms. The first-order chi connectivity index (χ1) is 10.1. The minimum absolute atomic E-state index is 0.184. The molecule has 0 aliphatic heterocycles. The molecule has 0 saturated heterocycles. The second-order valence-electron chi connectivity index (χ2n) is 4.45. The summed E-state index contributed by atoms with van der Waals surface area (Å²) in [6, 6.07) is 11.6. The van der Waals surface area contributed by atoms with Crippen LogP contribution in [0.4, 0.5) is 15.8 Å². The summed E-state index contributed by atoms with van der Waals surface area (Å²) in [5, 5.41) is 2.73. The number of hydrogen-bond acceptors (Lipinski definition) is 3. The van der Waals surface area contributed by atoms with E-state index in [4.69, 9.17) is 4.74 Å². The van der Waals surface area contributed by atoms with Gasteiger partial charge in [0.1, 0.15) is 11.6 Å². The molecule has 0 heterocycles. The smallest absolute Gasteiger partial charge is 0.260 e. The van der Waals surface area contributed by atoms with E-state index in [0.29, 0.717) is 11.4 Å². The number of halogens is 1. The van der Waals surface area contributed by atoms with Crippen molar-refractivity contribution in [3.05, 3.63) is 53.8 Å². The average molecular weight is 288 g/mol. The number of amides is 1. The third-order valence-electron chi connectivity index (χ3n) is 3.25. The molecule has 5 heteroatoms. The van der Waals surface area contributed by atoms with E-state index in [-0.39, 0.29) is 17.2 Å². The predicted molar refractivity (Wildman–Crippen MR) is 81.7 cm³/mol. The standard InChI is InChI=1S/C16H17FN2O2/c1-18-15-11(7-6-8-12(15)17)16(20)19(2)13-9-4-5-10-14(13)21-3/h4-10,18H,1-3H3. The van der Waals surface area contributed by atoms with Crippen LogP contribution in [-0.2, 0) is 0 Å². The van der Waals surface area contributed by atoms with Crippen LogP contribution in [0.15, 0.2) is 42.5 Å². The number of benzene rings is 2. The Hall–Kier alpha value is -2.56. The maximum absolute atomic E-state index is 13.8.